The minimum atomic E-state index is -2.29. The highest BCUT2D eigenvalue weighted by atomic mass is 19.3. The summed E-state index contributed by atoms with van der Waals surface area (Å²) in [6, 6.07) is 3.41. The quantitative estimate of drug-likeness (QED) is 0.705. The molecule has 0 saturated carbocycles. The van der Waals surface area contributed by atoms with E-state index in [-0.39, 0.29) is 12.3 Å². The van der Waals surface area contributed by atoms with Gasteiger partial charge in [-0.15, -0.1) is 0 Å². The van der Waals surface area contributed by atoms with Crippen LogP contribution in [0.25, 0.3) is 0 Å². The van der Waals surface area contributed by atoms with Crippen molar-refractivity contribution in [1.29, 1.82) is 0 Å². The predicted molar refractivity (Wildman–Crippen MR) is 48.0 cm³/mol. The number of hydrogen-bond donors (Lipinski definition) is 0. The van der Waals surface area contributed by atoms with Crippen LogP contribution in [0.5, 0.6) is 0 Å². The minimum absolute atomic E-state index is 0.193. The summed E-state index contributed by atoms with van der Waals surface area (Å²) in [5.41, 5.74) is 1.44. The highest BCUT2D eigenvalue weighted by Crippen LogP contribution is 2.18. The highest BCUT2D eigenvalue weighted by molar-refractivity contribution is 5.22. The van der Waals surface area contributed by atoms with Crippen molar-refractivity contribution in [2.45, 2.75) is 32.6 Å². The van der Waals surface area contributed by atoms with Gasteiger partial charge in [0.05, 0.1) is 0 Å². The number of alkyl halides is 2. The van der Waals surface area contributed by atoms with E-state index < -0.39 is 6.43 Å². The van der Waals surface area contributed by atoms with Gasteiger partial charge in [-0.1, -0.05) is 19.9 Å². The number of nitrogens with zero attached hydrogens (tertiary/aromatic N) is 1. The Morgan fingerprint density at radius 1 is 1.38 bits per heavy atom. The Morgan fingerprint density at radius 3 is 2.62 bits per heavy atom. The summed E-state index contributed by atoms with van der Waals surface area (Å²) in [5.74, 6) is 0.204. The number of halogens is 2. The van der Waals surface area contributed by atoms with Crippen molar-refractivity contribution in [1.82, 2.24) is 4.98 Å². The van der Waals surface area contributed by atoms with Crippen LogP contribution in [-0.4, -0.2) is 11.4 Å². The van der Waals surface area contributed by atoms with Gasteiger partial charge in [-0.3, -0.25) is 4.98 Å². The van der Waals surface area contributed by atoms with Crippen LogP contribution in [0.15, 0.2) is 18.3 Å². The maximum absolute atomic E-state index is 12.1. The van der Waals surface area contributed by atoms with Crippen LogP contribution in [0.2, 0.25) is 0 Å². The molecule has 0 radical (unpaired) electrons. The van der Waals surface area contributed by atoms with Gasteiger partial charge in [0.2, 0.25) is 6.43 Å². The number of rotatable bonds is 3. The Hall–Kier alpha value is -0.990. The minimum Gasteiger partial charge on any atom is -0.261 e. The van der Waals surface area contributed by atoms with Gasteiger partial charge < -0.3 is 0 Å². The van der Waals surface area contributed by atoms with Crippen LogP contribution < -0.4 is 0 Å². The van der Waals surface area contributed by atoms with Crippen LogP contribution >= 0.6 is 0 Å². The molecule has 0 fully saturated rings. The summed E-state index contributed by atoms with van der Waals surface area (Å²) in [7, 11) is 0. The second-order valence-corrected chi connectivity index (χ2v) is 3.30. The second kappa shape index (κ2) is 4.30. The normalized spacial score (nSPS) is 11.2. The molecule has 0 unspecified atom stereocenters. The topological polar surface area (TPSA) is 12.9 Å². The smallest absolute Gasteiger partial charge is 0.242 e. The lowest BCUT2D eigenvalue weighted by atomic mass is 10.0. The summed E-state index contributed by atoms with van der Waals surface area (Å²) in [4.78, 5) is 4.10. The summed E-state index contributed by atoms with van der Waals surface area (Å²) < 4.78 is 24.3. The maximum Gasteiger partial charge on any atom is 0.242 e. The van der Waals surface area contributed by atoms with E-state index in [0.717, 1.165) is 5.69 Å². The van der Waals surface area contributed by atoms with Crippen LogP contribution in [-0.2, 0) is 6.42 Å². The Kier molecular flexibility index (Phi) is 3.34. The van der Waals surface area contributed by atoms with E-state index in [1.54, 1.807) is 18.3 Å². The lowest BCUT2D eigenvalue weighted by Crippen LogP contribution is -2.04. The first-order valence-electron chi connectivity index (χ1n) is 4.33. The number of aromatic nitrogens is 1. The summed E-state index contributed by atoms with van der Waals surface area (Å²) >= 11 is 0. The Bertz CT molecular complexity index is 271. The van der Waals surface area contributed by atoms with Crippen LogP contribution in [0.1, 0.15) is 31.0 Å². The fraction of sp³-hybridized carbons (Fsp3) is 0.500. The molecule has 0 aliphatic heterocycles. The van der Waals surface area contributed by atoms with Gasteiger partial charge in [-0.05, 0) is 17.5 Å². The summed E-state index contributed by atoms with van der Waals surface area (Å²) in [6.07, 6.45) is -0.840. The number of pyridine rings is 1. The monoisotopic (exact) mass is 185 g/mol. The molecule has 0 aliphatic rings. The van der Waals surface area contributed by atoms with Crippen LogP contribution in [0, 0.1) is 0 Å². The van der Waals surface area contributed by atoms with E-state index in [1.165, 1.54) is 0 Å². The zero-order valence-corrected chi connectivity index (χ0v) is 7.80. The predicted octanol–water partition coefficient (Wildman–Crippen LogP) is 3.01. The zero-order chi connectivity index (χ0) is 9.84. The average Bonchev–Trinajstić information content (AvgIpc) is 2.03. The SMILES string of the molecule is CC(C)c1ncccc1CC(F)F. The van der Waals surface area contributed by atoms with E-state index in [9.17, 15) is 8.78 Å². The lowest BCUT2D eigenvalue weighted by molar-refractivity contribution is 0.148. The molecule has 0 saturated heterocycles. The van der Waals surface area contributed by atoms with Crippen molar-refractivity contribution in [3.63, 3.8) is 0 Å². The van der Waals surface area contributed by atoms with E-state index in [2.05, 4.69) is 4.98 Å². The Labute approximate surface area is 76.8 Å². The highest BCUT2D eigenvalue weighted by Gasteiger charge is 2.11. The molecule has 3 heteroatoms. The second-order valence-electron chi connectivity index (χ2n) is 3.30. The fourth-order valence-corrected chi connectivity index (χ4v) is 1.31. The van der Waals surface area contributed by atoms with Gasteiger partial charge in [-0.25, -0.2) is 8.78 Å². The van der Waals surface area contributed by atoms with E-state index in [4.69, 9.17) is 0 Å². The Morgan fingerprint density at radius 2 is 2.08 bits per heavy atom. The maximum atomic E-state index is 12.1. The molecular formula is C10H13F2N. The van der Waals surface area contributed by atoms with Gasteiger partial charge in [0.25, 0.3) is 0 Å². The summed E-state index contributed by atoms with van der Waals surface area (Å²) in [6.45, 7) is 3.91. The molecule has 1 rings (SSSR count). The van der Waals surface area contributed by atoms with Crippen molar-refractivity contribution >= 4 is 0 Å². The first kappa shape index (κ1) is 10.1. The van der Waals surface area contributed by atoms with Crippen LogP contribution in [0.4, 0.5) is 8.78 Å². The lowest BCUT2D eigenvalue weighted by Gasteiger charge is -2.10. The molecule has 13 heavy (non-hydrogen) atoms. The standard InChI is InChI=1S/C10H13F2N/c1-7(2)10-8(6-9(11)12)4-3-5-13-10/h3-5,7,9H,6H2,1-2H3. The third-order valence-corrected chi connectivity index (χ3v) is 1.85. The zero-order valence-electron chi connectivity index (χ0n) is 7.80. The first-order chi connectivity index (χ1) is 6.11. The van der Waals surface area contributed by atoms with Crippen molar-refractivity contribution in [2.75, 3.05) is 0 Å². The molecule has 72 valence electrons. The van der Waals surface area contributed by atoms with Crippen molar-refractivity contribution < 1.29 is 8.78 Å². The molecule has 1 aromatic rings. The molecule has 1 nitrogen and oxygen atoms in total. The molecule has 0 aliphatic carbocycles. The van der Waals surface area contributed by atoms with Crippen molar-refractivity contribution in [2.24, 2.45) is 0 Å². The van der Waals surface area contributed by atoms with E-state index >= 15 is 0 Å². The molecule has 1 heterocycles. The van der Waals surface area contributed by atoms with Gasteiger partial charge in [-0.2, -0.15) is 0 Å². The van der Waals surface area contributed by atoms with Crippen LogP contribution in [0.3, 0.4) is 0 Å². The molecular weight excluding hydrogens is 172 g/mol. The molecule has 0 bridgehead atoms. The fourth-order valence-electron chi connectivity index (χ4n) is 1.31. The van der Waals surface area contributed by atoms with E-state index in [0.29, 0.717) is 5.56 Å². The van der Waals surface area contributed by atoms with Gasteiger partial charge >= 0.3 is 0 Å². The largest absolute Gasteiger partial charge is 0.261 e. The van der Waals surface area contributed by atoms with Crippen molar-refractivity contribution in [3.05, 3.63) is 29.6 Å². The van der Waals surface area contributed by atoms with Gasteiger partial charge in [0, 0.05) is 18.3 Å². The van der Waals surface area contributed by atoms with Crippen molar-refractivity contribution in [3.8, 4) is 0 Å². The molecule has 0 atom stereocenters. The third-order valence-electron chi connectivity index (χ3n) is 1.85. The van der Waals surface area contributed by atoms with Gasteiger partial charge in [0.15, 0.2) is 0 Å². The molecule has 0 amide bonds. The molecule has 0 spiro atoms. The first-order valence-corrected chi connectivity index (χ1v) is 4.33. The van der Waals surface area contributed by atoms with Gasteiger partial charge in [0.1, 0.15) is 0 Å². The average molecular weight is 185 g/mol. The number of hydrogen-bond acceptors (Lipinski definition) is 1. The molecule has 0 aromatic carbocycles. The Balaban J connectivity index is 2.91. The molecule has 0 N–H and O–H groups in total. The summed E-state index contributed by atoms with van der Waals surface area (Å²) in [5, 5.41) is 0. The third kappa shape index (κ3) is 2.76. The van der Waals surface area contributed by atoms with E-state index in [1.807, 2.05) is 13.8 Å². The molecule has 1 aromatic heterocycles.